The van der Waals surface area contributed by atoms with Gasteiger partial charge in [0.15, 0.2) is 5.17 Å². The van der Waals surface area contributed by atoms with E-state index in [0.717, 1.165) is 11.3 Å². The number of carbonyl (C=O) groups is 1. The quantitative estimate of drug-likeness (QED) is 0.506. The van der Waals surface area contributed by atoms with E-state index in [2.05, 4.69) is 16.8 Å². The molecular weight excluding hydrogens is 408 g/mol. The number of nitrogens with zero attached hydrogens (tertiary/aromatic N) is 2. The monoisotopic (exact) mass is 426 g/mol. The Balaban J connectivity index is 1.98. The molecule has 0 unspecified atom stereocenters. The van der Waals surface area contributed by atoms with Crippen LogP contribution in [0.5, 0.6) is 11.5 Å². The molecule has 0 aliphatic carbocycles. The van der Waals surface area contributed by atoms with Crippen LogP contribution in [0.2, 0.25) is 5.02 Å². The molecular formula is C22H19ClN2O3S. The van der Waals surface area contributed by atoms with Crippen LogP contribution in [0.4, 0.5) is 5.69 Å². The number of amidine groups is 1. The number of carbonyl (C=O) groups excluding carboxylic acids is 1. The maximum atomic E-state index is 13.2. The molecule has 3 rings (SSSR count). The van der Waals surface area contributed by atoms with Gasteiger partial charge in [0.05, 0.1) is 30.7 Å². The summed E-state index contributed by atoms with van der Waals surface area (Å²) in [6.07, 6.45) is 1.75. The average Bonchev–Trinajstić information content (AvgIpc) is 3.04. The van der Waals surface area contributed by atoms with Crippen LogP contribution in [-0.4, -0.2) is 31.0 Å². The van der Waals surface area contributed by atoms with Crippen molar-refractivity contribution in [2.75, 3.05) is 24.9 Å². The number of rotatable bonds is 5. The van der Waals surface area contributed by atoms with Crippen molar-refractivity contribution in [3.63, 3.8) is 0 Å². The number of methoxy groups -OCH3 is 2. The summed E-state index contributed by atoms with van der Waals surface area (Å²) in [5, 5.41) is 1.03. The number of thioether (sulfide) groups is 1. The lowest BCUT2D eigenvalue weighted by atomic mass is 10.2. The molecule has 7 heteroatoms. The maximum absolute atomic E-state index is 13.2. The van der Waals surface area contributed by atoms with Gasteiger partial charge in [-0.05, 0) is 42.8 Å². The van der Waals surface area contributed by atoms with E-state index in [1.807, 2.05) is 24.3 Å². The second kappa shape index (κ2) is 9.55. The molecule has 29 heavy (non-hydrogen) atoms. The van der Waals surface area contributed by atoms with Gasteiger partial charge in [0, 0.05) is 6.07 Å². The molecule has 0 N–H and O–H groups in total. The molecule has 0 bridgehead atoms. The van der Waals surface area contributed by atoms with Crippen molar-refractivity contribution in [3.05, 3.63) is 58.7 Å². The zero-order valence-electron chi connectivity index (χ0n) is 16.2. The highest BCUT2D eigenvalue weighted by atomic mass is 35.5. The van der Waals surface area contributed by atoms with Gasteiger partial charge in [0.1, 0.15) is 17.2 Å². The van der Waals surface area contributed by atoms with Gasteiger partial charge >= 0.3 is 0 Å². The van der Waals surface area contributed by atoms with Crippen LogP contribution >= 0.6 is 23.4 Å². The van der Waals surface area contributed by atoms with E-state index in [1.165, 1.54) is 18.9 Å². The van der Waals surface area contributed by atoms with E-state index < -0.39 is 0 Å². The first-order valence-corrected chi connectivity index (χ1v) is 10.1. The number of benzene rings is 2. The first-order valence-electron chi connectivity index (χ1n) is 8.72. The Morgan fingerprint density at radius 1 is 1.17 bits per heavy atom. The van der Waals surface area contributed by atoms with Crippen LogP contribution in [0.3, 0.4) is 0 Å². The molecule has 0 spiro atoms. The first-order chi connectivity index (χ1) is 14.1. The molecule has 148 valence electrons. The summed E-state index contributed by atoms with van der Waals surface area (Å²) in [5.41, 5.74) is 1.83. The van der Waals surface area contributed by atoms with Gasteiger partial charge in [-0.1, -0.05) is 41.4 Å². The SMILES string of the molecule is CC#CCSC1=N/C(=C\c2ccc(OC)cc2)C(=O)N1c1ccc(Cl)c(OC)c1. The normalized spacial score (nSPS) is 14.5. The van der Waals surface area contributed by atoms with Gasteiger partial charge in [-0.2, -0.15) is 0 Å². The highest BCUT2D eigenvalue weighted by Crippen LogP contribution is 2.34. The Kier molecular flexibility index (Phi) is 6.86. The van der Waals surface area contributed by atoms with Crippen molar-refractivity contribution in [3.8, 4) is 23.3 Å². The summed E-state index contributed by atoms with van der Waals surface area (Å²) >= 11 is 7.54. The maximum Gasteiger partial charge on any atom is 0.283 e. The fourth-order valence-corrected chi connectivity index (χ4v) is 3.66. The third kappa shape index (κ3) is 4.76. The van der Waals surface area contributed by atoms with Crippen molar-refractivity contribution in [2.45, 2.75) is 6.92 Å². The fourth-order valence-electron chi connectivity index (χ4n) is 2.64. The molecule has 1 heterocycles. The van der Waals surface area contributed by atoms with Crippen LogP contribution < -0.4 is 14.4 Å². The molecule has 2 aromatic rings. The van der Waals surface area contributed by atoms with Crippen LogP contribution in [-0.2, 0) is 4.79 Å². The zero-order valence-corrected chi connectivity index (χ0v) is 17.8. The average molecular weight is 427 g/mol. The van der Waals surface area contributed by atoms with Crippen LogP contribution in [0.25, 0.3) is 6.08 Å². The van der Waals surface area contributed by atoms with Crippen molar-refractivity contribution < 1.29 is 14.3 Å². The lowest BCUT2D eigenvalue weighted by Crippen LogP contribution is -2.30. The van der Waals surface area contributed by atoms with Crippen LogP contribution in [0.1, 0.15) is 12.5 Å². The molecule has 1 aliphatic heterocycles. The molecule has 1 amide bonds. The first kappa shape index (κ1) is 20.8. The van der Waals surface area contributed by atoms with E-state index in [-0.39, 0.29) is 5.91 Å². The second-order valence-electron chi connectivity index (χ2n) is 5.87. The lowest BCUT2D eigenvalue weighted by Gasteiger charge is -2.18. The van der Waals surface area contributed by atoms with Crippen molar-refractivity contribution >= 4 is 46.2 Å². The summed E-state index contributed by atoms with van der Waals surface area (Å²) in [6.45, 7) is 1.78. The van der Waals surface area contributed by atoms with E-state index in [9.17, 15) is 4.79 Å². The van der Waals surface area contributed by atoms with Gasteiger partial charge in [0.2, 0.25) is 0 Å². The topological polar surface area (TPSA) is 51.1 Å². The Morgan fingerprint density at radius 3 is 2.59 bits per heavy atom. The molecule has 5 nitrogen and oxygen atoms in total. The summed E-state index contributed by atoms with van der Waals surface area (Å²) < 4.78 is 10.5. The Bertz CT molecular complexity index is 1040. The van der Waals surface area contributed by atoms with Crippen LogP contribution in [0.15, 0.2) is 53.2 Å². The minimum Gasteiger partial charge on any atom is -0.497 e. The predicted octanol–water partition coefficient (Wildman–Crippen LogP) is 4.86. The summed E-state index contributed by atoms with van der Waals surface area (Å²) in [7, 11) is 3.14. The van der Waals surface area contributed by atoms with Crippen molar-refractivity contribution in [2.24, 2.45) is 4.99 Å². The van der Waals surface area contributed by atoms with E-state index in [1.54, 1.807) is 43.2 Å². The molecule has 0 fully saturated rings. The van der Waals surface area contributed by atoms with Crippen molar-refractivity contribution in [1.82, 2.24) is 0 Å². The summed E-state index contributed by atoms with van der Waals surface area (Å²) in [4.78, 5) is 19.3. The Morgan fingerprint density at radius 2 is 1.93 bits per heavy atom. The van der Waals surface area contributed by atoms with Crippen LogP contribution in [0, 0.1) is 11.8 Å². The number of hydrogen-bond donors (Lipinski definition) is 0. The van der Waals surface area contributed by atoms with Gasteiger partial charge < -0.3 is 9.47 Å². The Hall–Kier alpha value is -2.88. The molecule has 2 aromatic carbocycles. The third-order valence-corrected chi connectivity index (χ3v) is 5.22. The molecule has 0 radical (unpaired) electrons. The third-order valence-electron chi connectivity index (χ3n) is 4.09. The smallest absolute Gasteiger partial charge is 0.283 e. The van der Waals surface area contributed by atoms with Gasteiger partial charge in [-0.15, -0.1) is 5.92 Å². The minimum atomic E-state index is -0.225. The molecule has 1 aliphatic rings. The fraction of sp³-hybridized carbons (Fsp3) is 0.182. The predicted molar refractivity (Wildman–Crippen MR) is 120 cm³/mol. The van der Waals surface area contributed by atoms with E-state index >= 15 is 0 Å². The molecule has 0 atom stereocenters. The standard InChI is InChI=1S/C22H19ClN2O3S/c1-4-5-12-29-22-24-19(13-15-6-9-17(27-2)10-7-15)21(26)25(22)16-8-11-18(23)20(14-16)28-3/h6-11,13-14H,12H2,1-3H3/b19-13-. The van der Waals surface area contributed by atoms with E-state index in [4.69, 9.17) is 21.1 Å². The summed E-state index contributed by atoms with van der Waals surface area (Å²) in [5.74, 6) is 7.38. The van der Waals surface area contributed by atoms with E-state index in [0.29, 0.717) is 33.1 Å². The number of anilines is 1. The number of hydrogen-bond acceptors (Lipinski definition) is 5. The lowest BCUT2D eigenvalue weighted by molar-refractivity contribution is -0.113. The molecule has 0 saturated heterocycles. The number of ether oxygens (including phenoxy) is 2. The number of amides is 1. The van der Waals surface area contributed by atoms with Gasteiger partial charge in [0.25, 0.3) is 5.91 Å². The highest BCUT2D eigenvalue weighted by Gasteiger charge is 2.32. The number of aliphatic imine (C=N–C) groups is 1. The van der Waals surface area contributed by atoms with Crippen molar-refractivity contribution in [1.29, 1.82) is 0 Å². The number of halogens is 1. The van der Waals surface area contributed by atoms with Gasteiger partial charge in [-0.3, -0.25) is 9.69 Å². The summed E-state index contributed by atoms with van der Waals surface area (Å²) in [6, 6.07) is 12.6. The largest absolute Gasteiger partial charge is 0.497 e. The highest BCUT2D eigenvalue weighted by molar-refractivity contribution is 8.14. The second-order valence-corrected chi connectivity index (χ2v) is 7.22. The Labute approximate surface area is 179 Å². The zero-order chi connectivity index (χ0) is 20.8. The van der Waals surface area contributed by atoms with Gasteiger partial charge in [-0.25, -0.2) is 4.99 Å². The molecule has 0 aromatic heterocycles. The minimum absolute atomic E-state index is 0.225. The molecule has 0 saturated carbocycles.